The Morgan fingerprint density at radius 1 is 0.338 bits per heavy atom. The fourth-order valence-electron chi connectivity index (χ4n) is 9.40. The lowest BCUT2D eigenvalue weighted by molar-refractivity contribution is 0.0937. The topological polar surface area (TPSA) is 67.4 Å². The average Bonchev–Trinajstić information content (AvgIpc) is 3.32. The number of benzene rings is 1. The van der Waals surface area contributed by atoms with Crippen molar-refractivity contribution in [2.24, 2.45) is 0 Å². The lowest BCUT2D eigenvalue weighted by Gasteiger charge is -2.14. The van der Waals surface area contributed by atoms with Crippen molar-refractivity contribution in [2.75, 3.05) is 19.7 Å². The SMILES string of the molecule is CCCCCCCCCCCCCCCCCCOc1cc(C(=O)NCCCCCCCCCCCCCCCCC)ccc1C(=O)NCCCCCCCCCCCCCCCCC. The van der Waals surface area contributed by atoms with Gasteiger partial charge >= 0.3 is 0 Å². The van der Waals surface area contributed by atoms with E-state index < -0.39 is 0 Å². The second-order valence-corrected chi connectivity index (χ2v) is 20.3. The van der Waals surface area contributed by atoms with Crippen molar-refractivity contribution < 1.29 is 14.3 Å². The van der Waals surface area contributed by atoms with Gasteiger partial charge in [0, 0.05) is 18.7 Å². The van der Waals surface area contributed by atoms with Gasteiger partial charge < -0.3 is 15.4 Å². The van der Waals surface area contributed by atoms with Crippen LogP contribution in [-0.4, -0.2) is 31.5 Å². The first-order valence-corrected chi connectivity index (χ1v) is 29.5. The third-order valence-corrected chi connectivity index (χ3v) is 13.9. The van der Waals surface area contributed by atoms with E-state index in [4.69, 9.17) is 4.74 Å². The van der Waals surface area contributed by atoms with Gasteiger partial charge in [-0.3, -0.25) is 9.59 Å². The highest BCUT2D eigenvalue weighted by atomic mass is 16.5. The molecule has 2 amide bonds. The molecule has 5 nitrogen and oxygen atoms in total. The van der Waals surface area contributed by atoms with E-state index in [1.807, 2.05) is 0 Å². The molecule has 0 heterocycles. The molecule has 0 aromatic heterocycles. The van der Waals surface area contributed by atoms with Crippen LogP contribution in [0.15, 0.2) is 18.2 Å². The molecule has 2 N–H and O–H groups in total. The van der Waals surface area contributed by atoms with Crippen LogP contribution in [0.25, 0.3) is 0 Å². The summed E-state index contributed by atoms with van der Waals surface area (Å²) >= 11 is 0. The molecule has 0 saturated heterocycles. The predicted octanol–water partition coefficient (Wildman–Crippen LogP) is 19.5. The van der Waals surface area contributed by atoms with Crippen molar-refractivity contribution in [3.63, 3.8) is 0 Å². The zero-order chi connectivity index (χ0) is 46.8. The van der Waals surface area contributed by atoms with Gasteiger partial charge in [-0.25, -0.2) is 0 Å². The number of carbonyl (C=O) groups excluding carboxylic acids is 2. The number of hydrogen-bond donors (Lipinski definition) is 2. The summed E-state index contributed by atoms with van der Waals surface area (Å²) in [5.74, 6) is 0.370. The molecule has 0 aliphatic carbocycles. The number of amides is 2. The summed E-state index contributed by atoms with van der Waals surface area (Å²) in [6.07, 6.45) is 61.4. The molecule has 0 aliphatic rings. The molecule has 380 valence electrons. The van der Waals surface area contributed by atoms with Crippen molar-refractivity contribution >= 4 is 11.8 Å². The van der Waals surface area contributed by atoms with E-state index in [0.717, 1.165) is 38.5 Å². The van der Waals surface area contributed by atoms with Gasteiger partial charge in [0.2, 0.25) is 0 Å². The Balaban J connectivity index is 2.38. The average molecular weight is 910 g/mol. The minimum Gasteiger partial charge on any atom is -0.493 e. The van der Waals surface area contributed by atoms with Crippen LogP contribution in [0.1, 0.15) is 337 Å². The molecular weight excluding hydrogens is 797 g/mol. The van der Waals surface area contributed by atoms with Crippen molar-refractivity contribution in [1.29, 1.82) is 0 Å². The van der Waals surface area contributed by atoms with E-state index in [1.165, 1.54) is 257 Å². The molecule has 0 aliphatic heterocycles. The Labute approximate surface area is 406 Å². The van der Waals surface area contributed by atoms with Crippen molar-refractivity contribution in [3.8, 4) is 5.75 Å². The first kappa shape index (κ1) is 61.0. The van der Waals surface area contributed by atoms with Crippen LogP contribution in [0.3, 0.4) is 0 Å². The first-order valence-electron chi connectivity index (χ1n) is 29.5. The highest BCUT2D eigenvalue weighted by Gasteiger charge is 2.16. The molecule has 1 aromatic rings. The molecule has 1 rings (SSSR count). The molecule has 0 atom stereocenters. The summed E-state index contributed by atoms with van der Waals surface area (Å²) in [6.45, 7) is 8.81. The number of rotatable bonds is 52. The summed E-state index contributed by atoms with van der Waals surface area (Å²) < 4.78 is 6.30. The molecule has 0 spiro atoms. The van der Waals surface area contributed by atoms with Crippen molar-refractivity contribution in [3.05, 3.63) is 29.3 Å². The largest absolute Gasteiger partial charge is 0.493 e. The molecular formula is C60H112N2O3. The van der Waals surface area contributed by atoms with Crippen LogP contribution in [-0.2, 0) is 0 Å². The summed E-state index contributed by atoms with van der Waals surface area (Å²) in [7, 11) is 0. The van der Waals surface area contributed by atoms with Crippen LogP contribution in [0.2, 0.25) is 0 Å². The quantitative estimate of drug-likeness (QED) is 0.0640. The number of unbranched alkanes of at least 4 members (excludes halogenated alkanes) is 43. The van der Waals surface area contributed by atoms with E-state index >= 15 is 0 Å². The van der Waals surface area contributed by atoms with Gasteiger partial charge in [-0.1, -0.05) is 297 Å². The maximum Gasteiger partial charge on any atom is 0.255 e. The fraction of sp³-hybridized carbons (Fsp3) is 0.867. The van der Waals surface area contributed by atoms with E-state index in [0.29, 0.717) is 36.6 Å². The number of carbonyl (C=O) groups is 2. The zero-order valence-electron chi connectivity index (χ0n) is 44.1. The summed E-state index contributed by atoms with van der Waals surface area (Å²) in [6, 6.07) is 5.40. The number of nitrogens with one attached hydrogen (secondary N) is 2. The van der Waals surface area contributed by atoms with Gasteiger partial charge in [0.05, 0.1) is 12.2 Å². The number of hydrogen-bond acceptors (Lipinski definition) is 3. The summed E-state index contributed by atoms with van der Waals surface area (Å²) in [5, 5.41) is 6.30. The smallest absolute Gasteiger partial charge is 0.255 e. The normalized spacial score (nSPS) is 11.4. The van der Waals surface area contributed by atoms with Gasteiger partial charge in [-0.2, -0.15) is 0 Å². The second kappa shape index (κ2) is 49.9. The van der Waals surface area contributed by atoms with Crippen molar-refractivity contribution in [2.45, 2.75) is 316 Å². The van der Waals surface area contributed by atoms with Crippen LogP contribution >= 0.6 is 0 Å². The van der Waals surface area contributed by atoms with Crippen molar-refractivity contribution in [1.82, 2.24) is 10.6 Å². The zero-order valence-corrected chi connectivity index (χ0v) is 44.1. The summed E-state index contributed by atoms with van der Waals surface area (Å²) in [5.41, 5.74) is 1.12. The minimum absolute atomic E-state index is 0.0765. The second-order valence-electron chi connectivity index (χ2n) is 20.3. The van der Waals surface area contributed by atoms with Gasteiger partial charge in [0.1, 0.15) is 5.75 Å². The fourth-order valence-corrected chi connectivity index (χ4v) is 9.40. The maximum atomic E-state index is 13.4. The van der Waals surface area contributed by atoms with Gasteiger partial charge in [-0.05, 0) is 37.5 Å². The van der Waals surface area contributed by atoms with E-state index in [1.54, 1.807) is 18.2 Å². The predicted molar refractivity (Wildman–Crippen MR) is 286 cm³/mol. The van der Waals surface area contributed by atoms with Crippen LogP contribution in [0.5, 0.6) is 5.75 Å². The maximum absolute atomic E-state index is 13.4. The van der Waals surface area contributed by atoms with Crippen LogP contribution < -0.4 is 15.4 Å². The summed E-state index contributed by atoms with van der Waals surface area (Å²) in [4.78, 5) is 26.7. The van der Waals surface area contributed by atoms with Gasteiger partial charge in [-0.15, -0.1) is 0 Å². The third kappa shape index (κ3) is 40.7. The van der Waals surface area contributed by atoms with Gasteiger partial charge in [0.25, 0.3) is 11.8 Å². The molecule has 65 heavy (non-hydrogen) atoms. The van der Waals surface area contributed by atoms with Crippen LogP contribution in [0.4, 0.5) is 0 Å². The lowest BCUT2D eigenvalue weighted by atomic mass is 10.0. The third-order valence-electron chi connectivity index (χ3n) is 13.9. The molecule has 5 heteroatoms. The Hall–Kier alpha value is -2.04. The minimum atomic E-state index is -0.0953. The highest BCUT2D eigenvalue weighted by Crippen LogP contribution is 2.23. The molecule has 1 aromatic carbocycles. The molecule has 0 unspecified atom stereocenters. The van der Waals surface area contributed by atoms with E-state index in [2.05, 4.69) is 31.4 Å². The van der Waals surface area contributed by atoms with Gasteiger partial charge in [0.15, 0.2) is 0 Å². The Kier molecular flexibility index (Phi) is 46.8. The number of ether oxygens (including phenoxy) is 1. The monoisotopic (exact) mass is 909 g/mol. The lowest BCUT2D eigenvalue weighted by Crippen LogP contribution is -2.26. The Morgan fingerprint density at radius 3 is 0.908 bits per heavy atom. The molecule has 0 bridgehead atoms. The van der Waals surface area contributed by atoms with E-state index in [-0.39, 0.29) is 11.8 Å². The van der Waals surface area contributed by atoms with E-state index in [9.17, 15) is 9.59 Å². The Morgan fingerprint density at radius 2 is 0.600 bits per heavy atom. The molecule has 0 fully saturated rings. The van der Waals surface area contributed by atoms with Crippen LogP contribution in [0, 0.1) is 0 Å². The standard InChI is InChI=1S/C60H112N2O3/c1-4-7-10-13-16-19-22-25-28-31-34-37-40-43-46-49-54-65-58-55-56(59(63)61-52-47-44-41-38-35-32-29-26-23-20-17-14-11-8-5-2)50-51-57(58)60(64)62-53-48-45-42-39-36-33-30-27-24-21-18-15-12-9-6-3/h50-51,55H,4-49,52-54H2,1-3H3,(H,61,63)(H,62,64). The highest BCUT2D eigenvalue weighted by molar-refractivity contribution is 6.00. The Bertz CT molecular complexity index is 1150. The molecule has 0 radical (unpaired) electrons. The molecule has 0 saturated carbocycles. The first-order chi connectivity index (χ1) is 32.1.